The van der Waals surface area contributed by atoms with Crippen LogP contribution in [0.1, 0.15) is 35.5 Å². The van der Waals surface area contributed by atoms with Crippen LogP contribution in [0.3, 0.4) is 0 Å². The number of para-hydroxylation sites is 2. The number of methoxy groups -OCH3 is 1. The first-order chi connectivity index (χ1) is 12.9. The Balaban J connectivity index is 2.15. The summed E-state index contributed by atoms with van der Waals surface area (Å²) >= 11 is 0. The fraction of sp³-hybridized carbons (Fsp3) is 0.286. The van der Waals surface area contributed by atoms with Crippen LogP contribution in [0.25, 0.3) is 11.0 Å². The summed E-state index contributed by atoms with van der Waals surface area (Å²) in [7, 11) is 1.59. The standard InChI is InChI=1S/C21H23N3O3/c1-12(2)27-21(25)19-20(23-15-8-6-7-9-18(15)26-5)24-17-11-14(4)13(3)10-16(17)22-19/h6-12H,1-5H3,(H,23,24). The zero-order chi connectivity index (χ0) is 19.6. The molecule has 0 saturated heterocycles. The van der Waals surface area contributed by atoms with Gasteiger partial charge < -0.3 is 14.8 Å². The van der Waals surface area contributed by atoms with Gasteiger partial charge in [0.15, 0.2) is 11.5 Å². The fourth-order valence-electron chi connectivity index (χ4n) is 2.69. The lowest BCUT2D eigenvalue weighted by atomic mass is 10.1. The van der Waals surface area contributed by atoms with Gasteiger partial charge in [0.1, 0.15) is 5.75 Å². The lowest BCUT2D eigenvalue weighted by Crippen LogP contribution is -2.16. The van der Waals surface area contributed by atoms with Crippen molar-refractivity contribution in [3.05, 3.63) is 53.2 Å². The maximum Gasteiger partial charge on any atom is 0.361 e. The number of nitrogens with one attached hydrogen (secondary N) is 1. The Morgan fingerprint density at radius 3 is 2.30 bits per heavy atom. The van der Waals surface area contributed by atoms with Crippen LogP contribution >= 0.6 is 0 Å². The molecule has 0 atom stereocenters. The summed E-state index contributed by atoms with van der Waals surface area (Å²) in [5.41, 5.74) is 4.39. The summed E-state index contributed by atoms with van der Waals surface area (Å²) < 4.78 is 10.7. The van der Waals surface area contributed by atoms with E-state index >= 15 is 0 Å². The van der Waals surface area contributed by atoms with E-state index in [1.54, 1.807) is 21.0 Å². The molecule has 6 nitrogen and oxygen atoms in total. The maximum absolute atomic E-state index is 12.6. The van der Waals surface area contributed by atoms with Crippen LogP contribution in [-0.4, -0.2) is 29.2 Å². The van der Waals surface area contributed by atoms with E-state index in [1.807, 2.05) is 50.2 Å². The van der Waals surface area contributed by atoms with Crippen molar-refractivity contribution in [1.29, 1.82) is 0 Å². The minimum Gasteiger partial charge on any atom is -0.495 e. The van der Waals surface area contributed by atoms with Crippen molar-refractivity contribution in [3.8, 4) is 5.75 Å². The Morgan fingerprint density at radius 2 is 1.67 bits per heavy atom. The Morgan fingerprint density at radius 1 is 1.04 bits per heavy atom. The molecule has 1 aromatic heterocycles. The summed E-state index contributed by atoms with van der Waals surface area (Å²) in [6.07, 6.45) is -0.256. The number of ether oxygens (including phenoxy) is 2. The minimum atomic E-state index is -0.518. The Hall–Kier alpha value is -3.15. The lowest BCUT2D eigenvalue weighted by Gasteiger charge is -2.15. The zero-order valence-electron chi connectivity index (χ0n) is 16.2. The Labute approximate surface area is 158 Å². The Kier molecular flexibility index (Phi) is 5.26. The van der Waals surface area contributed by atoms with Crippen molar-refractivity contribution in [2.45, 2.75) is 33.8 Å². The highest BCUT2D eigenvalue weighted by molar-refractivity contribution is 5.96. The van der Waals surface area contributed by atoms with Crippen molar-refractivity contribution >= 4 is 28.5 Å². The second kappa shape index (κ2) is 7.61. The molecule has 6 heteroatoms. The molecule has 140 valence electrons. The number of aryl methyl sites for hydroxylation is 2. The molecule has 3 aromatic rings. The van der Waals surface area contributed by atoms with Gasteiger partial charge in [0.25, 0.3) is 0 Å². The normalized spacial score (nSPS) is 10.9. The van der Waals surface area contributed by atoms with Crippen molar-refractivity contribution in [1.82, 2.24) is 9.97 Å². The smallest absolute Gasteiger partial charge is 0.361 e. The molecular weight excluding hydrogens is 342 g/mol. The number of carbonyl (C=O) groups excluding carboxylic acids is 1. The average molecular weight is 365 g/mol. The summed E-state index contributed by atoms with van der Waals surface area (Å²) in [6, 6.07) is 11.3. The number of aromatic nitrogens is 2. The van der Waals surface area contributed by atoms with Gasteiger partial charge in [-0.25, -0.2) is 14.8 Å². The number of esters is 1. The van der Waals surface area contributed by atoms with Crippen molar-refractivity contribution in [2.24, 2.45) is 0 Å². The van der Waals surface area contributed by atoms with E-state index in [1.165, 1.54) is 0 Å². The van der Waals surface area contributed by atoms with E-state index < -0.39 is 5.97 Å². The highest BCUT2D eigenvalue weighted by atomic mass is 16.5. The molecule has 27 heavy (non-hydrogen) atoms. The van der Waals surface area contributed by atoms with Crippen LogP contribution in [0.15, 0.2) is 36.4 Å². The van der Waals surface area contributed by atoms with Crippen LogP contribution in [0.2, 0.25) is 0 Å². The van der Waals surface area contributed by atoms with Gasteiger partial charge in [-0.1, -0.05) is 12.1 Å². The van der Waals surface area contributed by atoms with Crippen molar-refractivity contribution in [2.75, 3.05) is 12.4 Å². The van der Waals surface area contributed by atoms with Crippen molar-refractivity contribution < 1.29 is 14.3 Å². The monoisotopic (exact) mass is 365 g/mol. The summed E-state index contributed by atoms with van der Waals surface area (Å²) in [5, 5.41) is 3.17. The molecule has 0 fully saturated rings. The van der Waals surface area contributed by atoms with Gasteiger partial charge in [0, 0.05) is 0 Å². The van der Waals surface area contributed by atoms with E-state index in [-0.39, 0.29) is 11.8 Å². The van der Waals surface area contributed by atoms with Crippen LogP contribution in [-0.2, 0) is 4.74 Å². The molecule has 0 amide bonds. The number of rotatable bonds is 5. The molecule has 0 bridgehead atoms. The molecule has 0 radical (unpaired) electrons. The van der Waals surface area contributed by atoms with Gasteiger partial charge in [-0.2, -0.15) is 0 Å². The minimum absolute atomic E-state index is 0.144. The summed E-state index contributed by atoms with van der Waals surface area (Å²) in [6.45, 7) is 7.62. The largest absolute Gasteiger partial charge is 0.495 e. The highest BCUT2D eigenvalue weighted by Crippen LogP contribution is 2.29. The molecule has 2 aromatic carbocycles. The zero-order valence-corrected chi connectivity index (χ0v) is 16.2. The predicted molar refractivity (Wildman–Crippen MR) is 106 cm³/mol. The third-order valence-corrected chi connectivity index (χ3v) is 4.18. The Bertz CT molecular complexity index is 999. The third-order valence-electron chi connectivity index (χ3n) is 4.18. The van der Waals surface area contributed by atoms with Gasteiger partial charge in [-0.15, -0.1) is 0 Å². The second-order valence-electron chi connectivity index (χ2n) is 6.63. The highest BCUT2D eigenvalue weighted by Gasteiger charge is 2.20. The molecule has 3 rings (SSSR count). The van der Waals surface area contributed by atoms with E-state index in [0.717, 1.165) is 11.1 Å². The van der Waals surface area contributed by atoms with Gasteiger partial charge in [-0.05, 0) is 63.1 Å². The number of nitrogens with zero attached hydrogens (tertiary/aromatic N) is 2. The quantitative estimate of drug-likeness (QED) is 0.668. The first-order valence-electron chi connectivity index (χ1n) is 8.79. The summed E-state index contributed by atoms with van der Waals surface area (Å²) in [4.78, 5) is 21.8. The molecule has 1 N–H and O–H groups in total. The van der Waals surface area contributed by atoms with Crippen LogP contribution < -0.4 is 10.1 Å². The van der Waals surface area contributed by atoms with Crippen molar-refractivity contribution in [3.63, 3.8) is 0 Å². The van der Waals surface area contributed by atoms with Crippen LogP contribution in [0, 0.1) is 13.8 Å². The first kappa shape index (κ1) is 18.6. The van der Waals surface area contributed by atoms with Gasteiger partial charge in [-0.3, -0.25) is 0 Å². The third kappa shape index (κ3) is 4.00. The lowest BCUT2D eigenvalue weighted by molar-refractivity contribution is 0.0372. The number of fused-ring (bicyclic) bond motifs is 1. The van der Waals surface area contributed by atoms with Gasteiger partial charge in [0.05, 0.1) is 29.9 Å². The van der Waals surface area contributed by atoms with E-state index in [0.29, 0.717) is 28.3 Å². The number of hydrogen-bond acceptors (Lipinski definition) is 6. The SMILES string of the molecule is COc1ccccc1Nc1nc2cc(C)c(C)cc2nc1C(=O)OC(C)C. The molecule has 0 spiro atoms. The molecular formula is C21H23N3O3. The summed E-state index contributed by atoms with van der Waals surface area (Å²) in [5.74, 6) is 0.457. The number of hydrogen-bond donors (Lipinski definition) is 1. The topological polar surface area (TPSA) is 73.3 Å². The predicted octanol–water partition coefficient (Wildman–Crippen LogP) is 4.56. The van der Waals surface area contributed by atoms with Gasteiger partial charge in [0.2, 0.25) is 0 Å². The molecule has 0 unspecified atom stereocenters. The molecule has 0 aliphatic carbocycles. The maximum atomic E-state index is 12.6. The molecule has 0 saturated carbocycles. The van der Waals surface area contributed by atoms with E-state index in [9.17, 15) is 4.79 Å². The number of benzene rings is 2. The molecule has 0 aliphatic rings. The number of carbonyl (C=O) groups is 1. The van der Waals surface area contributed by atoms with E-state index in [2.05, 4.69) is 15.3 Å². The second-order valence-corrected chi connectivity index (χ2v) is 6.63. The molecule has 1 heterocycles. The molecule has 0 aliphatic heterocycles. The van der Waals surface area contributed by atoms with Gasteiger partial charge >= 0.3 is 5.97 Å². The van der Waals surface area contributed by atoms with Crippen LogP contribution in [0.5, 0.6) is 5.75 Å². The average Bonchev–Trinajstić information content (AvgIpc) is 2.62. The number of anilines is 2. The first-order valence-corrected chi connectivity index (χ1v) is 8.79. The van der Waals surface area contributed by atoms with Crippen LogP contribution in [0.4, 0.5) is 11.5 Å². The van der Waals surface area contributed by atoms with E-state index in [4.69, 9.17) is 9.47 Å². The fourth-order valence-corrected chi connectivity index (χ4v) is 2.69.